The van der Waals surface area contributed by atoms with Crippen LogP contribution in [0.5, 0.6) is 5.75 Å². The van der Waals surface area contributed by atoms with Gasteiger partial charge in [-0.25, -0.2) is 9.59 Å². The fourth-order valence-electron chi connectivity index (χ4n) is 2.20. The Morgan fingerprint density at radius 2 is 1.16 bits per heavy atom. The van der Waals surface area contributed by atoms with Crippen LogP contribution >= 0.6 is 0 Å². The molecule has 2 radical (unpaired) electrons. The van der Waals surface area contributed by atoms with Crippen LogP contribution in [0.25, 0.3) is 0 Å². The van der Waals surface area contributed by atoms with Crippen LogP contribution in [0, 0.1) is 20.8 Å². The van der Waals surface area contributed by atoms with E-state index >= 15 is 0 Å². The second-order valence-electron chi connectivity index (χ2n) is 6.23. The molecule has 2 rings (SSSR count). The normalized spacial score (nSPS) is 10.8. The van der Waals surface area contributed by atoms with Gasteiger partial charge < -0.3 is 10.2 Å². The van der Waals surface area contributed by atoms with Crippen LogP contribution in [-0.2, 0) is 9.59 Å². The Morgan fingerprint density at radius 3 is 1.44 bits per heavy atom. The van der Waals surface area contributed by atoms with E-state index in [1.807, 2.05) is 0 Å². The number of ether oxygens (including phenoxy) is 1. The van der Waals surface area contributed by atoms with Crippen LogP contribution in [-0.4, -0.2) is 65.8 Å². The quantitative estimate of drug-likeness (QED) is 0.389. The van der Waals surface area contributed by atoms with E-state index in [2.05, 4.69) is 57.2 Å². The molecule has 12 heteroatoms. The number of methoxy groups -OCH3 is 1. The third kappa shape index (κ3) is 11.3. The van der Waals surface area contributed by atoms with Crippen molar-refractivity contribution in [3.8, 4) is 5.75 Å². The number of hydrogen-bond acceptors (Lipinski definition) is 3. The average molecular weight is 662 g/mol. The zero-order valence-corrected chi connectivity index (χ0v) is 21.2. The monoisotopic (exact) mass is 662 g/mol. The molecule has 2 N–H and O–H groups in total. The molecular weight excluding hydrogens is 641 g/mol. The number of aryl methyl sites for hydroxylation is 3. The van der Waals surface area contributed by atoms with Gasteiger partial charge in [-0.15, -0.1) is 0 Å². The molecule has 2 aromatic rings. The Hall–Kier alpha value is -2.32. The molecule has 0 heterocycles. The number of carboxylic acid groups (broad SMARTS) is 2. The summed E-state index contributed by atoms with van der Waals surface area (Å²) in [6, 6.07) is 13.2. The number of benzene rings is 2. The molecule has 0 aliphatic rings. The number of halogens is 6. The number of aliphatic carboxylic acids is 2. The van der Waals surface area contributed by atoms with E-state index < -0.39 is 48.5 Å². The van der Waals surface area contributed by atoms with Gasteiger partial charge in [0.2, 0.25) is 0 Å². The molecule has 0 saturated heterocycles. The van der Waals surface area contributed by atoms with Crippen LogP contribution in [0.2, 0.25) is 0 Å². The van der Waals surface area contributed by atoms with Crippen molar-refractivity contribution in [3.05, 3.63) is 53.1 Å². The van der Waals surface area contributed by atoms with Gasteiger partial charge >= 0.3 is 146 Å². The molecule has 0 amide bonds. The van der Waals surface area contributed by atoms with Crippen molar-refractivity contribution in [1.29, 1.82) is 0 Å². The summed E-state index contributed by atoms with van der Waals surface area (Å²) in [5, 5.41) is 14.2. The van der Waals surface area contributed by atoms with E-state index in [1.165, 1.54) is 19.8 Å². The predicted octanol–water partition coefficient (Wildman–Crippen LogP) is 3.54. The van der Waals surface area contributed by atoms with Crippen LogP contribution in [0.3, 0.4) is 0 Å². The first-order valence-corrected chi connectivity index (χ1v) is 12.5. The number of rotatable bonds is 3. The molecule has 0 saturated carbocycles. The maximum absolute atomic E-state index is 10.6. The molecule has 0 atom stereocenters. The Balaban J connectivity index is 0.000000570. The molecule has 0 spiro atoms. The SMILES string of the molecule is COc1cc[c]([Pb][c]2c(C)cc(C)cc2C)cc1.O=C(O)C(F)(F)F.O=C(O)C(F)(F)F. The van der Waals surface area contributed by atoms with Crippen molar-refractivity contribution in [2.75, 3.05) is 7.11 Å². The summed E-state index contributed by atoms with van der Waals surface area (Å²) in [5.74, 6) is -4.57. The fraction of sp³-hybridized carbons (Fsp3) is 0.300. The van der Waals surface area contributed by atoms with Crippen molar-refractivity contribution in [1.82, 2.24) is 0 Å². The van der Waals surface area contributed by atoms with Crippen molar-refractivity contribution < 1.29 is 50.9 Å². The Morgan fingerprint density at radius 1 is 0.812 bits per heavy atom. The predicted molar refractivity (Wildman–Crippen MR) is 106 cm³/mol. The third-order valence-corrected chi connectivity index (χ3v) is 9.98. The minimum Gasteiger partial charge on any atom is -0.475 e. The van der Waals surface area contributed by atoms with Gasteiger partial charge in [-0.3, -0.25) is 0 Å². The molecule has 5 nitrogen and oxygen atoms in total. The largest absolute Gasteiger partial charge is 0.490 e. The van der Waals surface area contributed by atoms with Crippen molar-refractivity contribution in [3.63, 3.8) is 0 Å². The number of hydrogen-bond donors (Lipinski definition) is 2. The van der Waals surface area contributed by atoms with E-state index in [4.69, 9.17) is 24.5 Å². The Labute approximate surface area is 192 Å². The summed E-state index contributed by atoms with van der Waals surface area (Å²) in [6.07, 6.45) is -10.2. The summed E-state index contributed by atoms with van der Waals surface area (Å²) < 4.78 is 71.8. The van der Waals surface area contributed by atoms with E-state index in [9.17, 15) is 26.3 Å². The van der Waals surface area contributed by atoms with E-state index in [0.717, 1.165) is 5.75 Å². The standard InChI is InChI=1S/C9H11.C7H7O.2C2HF3O2.Pb/c1-7-4-8(2)6-9(3)5-7;1-8-7-5-3-2-4-6-7;2*3-2(4,5)1(6)7;/h4-5H,1-3H3;3-6H,1H3;2*(H,6,7);. The van der Waals surface area contributed by atoms with Crippen LogP contribution in [0.15, 0.2) is 36.4 Å². The van der Waals surface area contributed by atoms with E-state index in [0.29, 0.717) is 0 Å². The van der Waals surface area contributed by atoms with Crippen LogP contribution < -0.4 is 11.0 Å². The molecule has 0 unspecified atom stereocenters. The Bertz CT molecular complexity index is 861. The average Bonchev–Trinajstić information content (AvgIpc) is 2.64. The van der Waals surface area contributed by atoms with Gasteiger partial charge in [0, 0.05) is 0 Å². The zero-order valence-electron chi connectivity index (χ0n) is 17.4. The second-order valence-corrected chi connectivity index (χ2v) is 11.4. The zero-order chi connectivity index (χ0) is 25.3. The topological polar surface area (TPSA) is 83.8 Å². The number of carbonyl (C=O) groups is 2. The fourth-order valence-corrected chi connectivity index (χ4v) is 6.71. The summed E-state index contributed by atoms with van der Waals surface area (Å²) in [4.78, 5) is 17.8. The van der Waals surface area contributed by atoms with Gasteiger partial charge in [-0.05, 0) is 0 Å². The maximum Gasteiger partial charge on any atom is 0.490 e. The van der Waals surface area contributed by atoms with E-state index in [-0.39, 0.29) is 0 Å². The van der Waals surface area contributed by atoms with Gasteiger partial charge in [0.05, 0.1) is 0 Å². The van der Waals surface area contributed by atoms with Crippen molar-refractivity contribution in [2.45, 2.75) is 33.1 Å². The maximum atomic E-state index is 10.6. The Kier molecular flexibility index (Phi) is 11.7. The molecule has 0 aromatic heterocycles. The number of alkyl halides is 6. The third-order valence-electron chi connectivity index (χ3n) is 3.52. The van der Waals surface area contributed by atoms with Crippen LogP contribution in [0.1, 0.15) is 16.7 Å². The molecule has 0 bridgehead atoms. The molecule has 0 aliphatic carbocycles. The number of carboxylic acids is 2. The summed E-state index contributed by atoms with van der Waals surface area (Å²) in [5.41, 5.74) is 4.30. The van der Waals surface area contributed by atoms with Gasteiger partial charge in [0.1, 0.15) is 0 Å². The van der Waals surface area contributed by atoms with Gasteiger partial charge in [0.15, 0.2) is 0 Å². The molecule has 176 valence electrons. The molecule has 2 aromatic carbocycles. The van der Waals surface area contributed by atoms with Crippen LogP contribution in [0.4, 0.5) is 26.3 Å². The van der Waals surface area contributed by atoms with Gasteiger partial charge in [0.25, 0.3) is 0 Å². The molecule has 32 heavy (non-hydrogen) atoms. The molecule has 0 aliphatic heterocycles. The van der Waals surface area contributed by atoms with E-state index in [1.54, 1.807) is 10.2 Å². The first-order chi connectivity index (χ1) is 14.5. The smallest absolute Gasteiger partial charge is 0.475 e. The van der Waals surface area contributed by atoms with Crippen molar-refractivity contribution in [2.24, 2.45) is 0 Å². The first kappa shape index (κ1) is 29.7. The summed E-state index contributed by atoms with van der Waals surface area (Å²) >= 11 is -0.937. The van der Waals surface area contributed by atoms with Gasteiger partial charge in [-0.2, -0.15) is 26.3 Å². The first-order valence-electron chi connectivity index (χ1n) is 8.58. The van der Waals surface area contributed by atoms with Crippen molar-refractivity contribution >= 4 is 42.4 Å². The summed E-state index contributed by atoms with van der Waals surface area (Å²) in [7, 11) is 1.71. The summed E-state index contributed by atoms with van der Waals surface area (Å²) in [6.45, 7) is 6.66. The molecule has 0 fully saturated rings. The second kappa shape index (κ2) is 12.7. The van der Waals surface area contributed by atoms with Gasteiger partial charge in [-0.1, -0.05) is 0 Å². The minimum absolute atomic E-state index is 0.937. The molecular formula is C20H20F6O5Pb. The minimum atomic E-state index is -5.08.